The molecule has 2 aromatic rings. The molecule has 0 radical (unpaired) electrons. The van der Waals surface area contributed by atoms with Crippen LogP contribution in [-0.4, -0.2) is 52.9 Å². The number of amides is 2. The van der Waals surface area contributed by atoms with E-state index in [1.807, 2.05) is 19.1 Å². The van der Waals surface area contributed by atoms with Gasteiger partial charge < -0.3 is 16.0 Å². The molecule has 0 aliphatic rings. The zero-order chi connectivity index (χ0) is 29.9. The number of pyridine rings is 1. The largest absolute Gasteiger partial charge is 0.495 e. The standard InChI is InChI=1S/C24H26F3N5O8/c1-14-7-9-29-19(10-14)28-8-3-4-20(33)30-13-21(34)31-17(12-22(35)39-40-23(36)24(25,26)27)16-6-5-15(2)18(11-16)32(37)38/h5-7,9-11,17H,3-4,8,12-13H2,1-2H3,(H,28,29)(H,30,33)(H,31,34). The van der Waals surface area contributed by atoms with Crippen molar-refractivity contribution in [1.29, 1.82) is 0 Å². The van der Waals surface area contributed by atoms with Gasteiger partial charge in [-0.15, -0.1) is 0 Å². The van der Waals surface area contributed by atoms with E-state index in [2.05, 4.69) is 30.7 Å². The fourth-order valence-corrected chi connectivity index (χ4v) is 3.24. The molecule has 1 aromatic heterocycles. The molecule has 2 rings (SSSR count). The van der Waals surface area contributed by atoms with Crippen LogP contribution in [0.5, 0.6) is 0 Å². The molecule has 1 unspecified atom stereocenters. The monoisotopic (exact) mass is 569 g/mol. The molecule has 0 fully saturated rings. The van der Waals surface area contributed by atoms with Crippen molar-refractivity contribution >= 4 is 35.3 Å². The summed E-state index contributed by atoms with van der Waals surface area (Å²) in [7, 11) is 0. The van der Waals surface area contributed by atoms with Gasteiger partial charge in [0.15, 0.2) is 0 Å². The number of rotatable bonds is 12. The maximum absolute atomic E-state index is 12.5. The third-order valence-corrected chi connectivity index (χ3v) is 5.23. The summed E-state index contributed by atoms with van der Waals surface area (Å²) >= 11 is 0. The number of alkyl halides is 3. The van der Waals surface area contributed by atoms with E-state index in [9.17, 15) is 42.5 Å². The molecule has 1 heterocycles. The molecule has 0 saturated carbocycles. The summed E-state index contributed by atoms with van der Waals surface area (Å²) in [6.07, 6.45) is -4.15. The normalized spacial score (nSPS) is 11.6. The number of halogens is 3. The van der Waals surface area contributed by atoms with Gasteiger partial charge in [0.05, 0.1) is 23.9 Å². The van der Waals surface area contributed by atoms with E-state index in [1.165, 1.54) is 19.1 Å². The van der Waals surface area contributed by atoms with Crippen LogP contribution in [0.15, 0.2) is 36.5 Å². The Morgan fingerprint density at radius 2 is 1.80 bits per heavy atom. The molecule has 13 nitrogen and oxygen atoms in total. The molecular weight excluding hydrogens is 543 g/mol. The van der Waals surface area contributed by atoms with E-state index in [4.69, 9.17) is 0 Å². The summed E-state index contributed by atoms with van der Waals surface area (Å²) in [4.78, 5) is 69.4. The summed E-state index contributed by atoms with van der Waals surface area (Å²) in [5, 5.41) is 19.1. The van der Waals surface area contributed by atoms with E-state index < -0.39 is 53.9 Å². The topological polar surface area (TPSA) is 179 Å². The average Bonchev–Trinajstić information content (AvgIpc) is 2.87. The van der Waals surface area contributed by atoms with Crippen LogP contribution in [0.2, 0.25) is 0 Å². The van der Waals surface area contributed by atoms with Crippen molar-refractivity contribution in [2.75, 3.05) is 18.4 Å². The number of anilines is 1. The molecule has 216 valence electrons. The van der Waals surface area contributed by atoms with E-state index in [0.717, 1.165) is 11.6 Å². The smallest absolute Gasteiger partial charge is 0.370 e. The Bertz CT molecular complexity index is 1260. The highest BCUT2D eigenvalue weighted by molar-refractivity contribution is 5.85. The number of nitrogens with zero attached hydrogens (tertiary/aromatic N) is 2. The minimum absolute atomic E-state index is 0.0342. The van der Waals surface area contributed by atoms with Crippen LogP contribution in [0.25, 0.3) is 0 Å². The first-order valence-corrected chi connectivity index (χ1v) is 11.7. The lowest BCUT2D eigenvalue weighted by atomic mass is 10.0. The van der Waals surface area contributed by atoms with Gasteiger partial charge in [0.2, 0.25) is 11.8 Å². The number of aryl methyl sites for hydroxylation is 2. The van der Waals surface area contributed by atoms with Gasteiger partial charge in [-0.2, -0.15) is 13.2 Å². The minimum Gasteiger partial charge on any atom is -0.370 e. The van der Waals surface area contributed by atoms with Crippen LogP contribution in [0.1, 0.15) is 42.0 Å². The fourth-order valence-electron chi connectivity index (χ4n) is 3.24. The van der Waals surface area contributed by atoms with Crippen molar-refractivity contribution in [2.24, 2.45) is 0 Å². The number of carbonyl (C=O) groups excluding carboxylic acids is 4. The third kappa shape index (κ3) is 10.5. The molecular formula is C24H26F3N5O8. The summed E-state index contributed by atoms with van der Waals surface area (Å²) < 4.78 is 36.8. The van der Waals surface area contributed by atoms with Gasteiger partial charge in [0.25, 0.3) is 5.69 Å². The number of aromatic nitrogens is 1. The molecule has 1 atom stereocenters. The molecule has 3 N–H and O–H groups in total. The maximum atomic E-state index is 12.5. The van der Waals surface area contributed by atoms with Gasteiger partial charge in [-0.25, -0.2) is 24.3 Å². The summed E-state index contributed by atoms with van der Waals surface area (Å²) in [6.45, 7) is 3.25. The lowest BCUT2D eigenvalue weighted by Gasteiger charge is -2.19. The SMILES string of the molecule is Cc1ccnc(NCCCC(=O)NCC(=O)NC(CC(=O)OOC(=O)C(F)(F)F)c2ccc(C)c([N+](=O)[O-])c2)c1. The first-order chi connectivity index (χ1) is 18.8. The highest BCUT2D eigenvalue weighted by Crippen LogP contribution is 2.26. The van der Waals surface area contributed by atoms with Gasteiger partial charge in [-0.3, -0.25) is 19.7 Å². The van der Waals surface area contributed by atoms with E-state index in [1.54, 1.807) is 6.20 Å². The number of hydrogen-bond donors (Lipinski definition) is 3. The van der Waals surface area contributed by atoms with Crippen molar-refractivity contribution in [3.8, 4) is 0 Å². The highest BCUT2D eigenvalue weighted by Gasteiger charge is 2.43. The Balaban J connectivity index is 1.95. The first-order valence-electron chi connectivity index (χ1n) is 11.7. The Hall–Kier alpha value is -4.76. The highest BCUT2D eigenvalue weighted by atomic mass is 19.4. The first kappa shape index (κ1) is 31.5. The lowest BCUT2D eigenvalue weighted by molar-refractivity contribution is -0.385. The second-order valence-electron chi connectivity index (χ2n) is 8.48. The van der Waals surface area contributed by atoms with Crippen LogP contribution in [0.3, 0.4) is 0 Å². The summed E-state index contributed by atoms with van der Waals surface area (Å²) in [6, 6.07) is 6.07. The Labute approximate surface area is 225 Å². The number of carbonyl (C=O) groups is 4. The quantitative estimate of drug-likeness (QED) is 0.149. The van der Waals surface area contributed by atoms with Crippen molar-refractivity contribution in [3.05, 3.63) is 63.3 Å². The molecule has 0 aliphatic carbocycles. The van der Waals surface area contributed by atoms with Crippen molar-refractivity contribution in [2.45, 2.75) is 45.3 Å². The predicted octanol–water partition coefficient (Wildman–Crippen LogP) is 2.73. The number of hydrogen-bond acceptors (Lipinski definition) is 10. The lowest BCUT2D eigenvalue weighted by Crippen LogP contribution is -2.39. The molecule has 2 amide bonds. The van der Waals surface area contributed by atoms with E-state index in [0.29, 0.717) is 18.8 Å². The number of nitro groups is 1. The van der Waals surface area contributed by atoms with E-state index >= 15 is 0 Å². The Kier molecular flexibility index (Phi) is 11.3. The van der Waals surface area contributed by atoms with Gasteiger partial charge >= 0.3 is 18.1 Å². The summed E-state index contributed by atoms with van der Waals surface area (Å²) in [5.41, 5.74) is 0.958. The molecule has 0 saturated heterocycles. The zero-order valence-corrected chi connectivity index (χ0v) is 21.4. The van der Waals surface area contributed by atoms with Crippen LogP contribution < -0.4 is 16.0 Å². The molecule has 0 bridgehead atoms. The summed E-state index contributed by atoms with van der Waals surface area (Å²) in [5.74, 6) is -4.89. The molecule has 1 aromatic carbocycles. The Morgan fingerprint density at radius 1 is 1.07 bits per heavy atom. The van der Waals surface area contributed by atoms with Crippen LogP contribution >= 0.6 is 0 Å². The van der Waals surface area contributed by atoms with Gasteiger partial charge in [0, 0.05) is 30.8 Å². The molecule has 0 spiro atoms. The molecule has 40 heavy (non-hydrogen) atoms. The molecule has 16 heteroatoms. The third-order valence-electron chi connectivity index (χ3n) is 5.23. The number of nitrogens with one attached hydrogen (secondary N) is 3. The minimum atomic E-state index is -5.42. The van der Waals surface area contributed by atoms with E-state index in [-0.39, 0.29) is 23.2 Å². The van der Waals surface area contributed by atoms with Crippen LogP contribution in [0.4, 0.5) is 24.7 Å². The second-order valence-corrected chi connectivity index (χ2v) is 8.48. The fraction of sp³-hybridized carbons (Fsp3) is 0.375. The maximum Gasteiger partial charge on any atom is 0.495 e. The van der Waals surface area contributed by atoms with Crippen molar-refractivity contribution in [3.63, 3.8) is 0 Å². The van der Waals surface area contributed by atoms with Crippen LogP contribution in [0, 0.1) is 24.0 Å². The average molecular weight is 569 g/mol. The van der Waals surface area contributed by atoms with Crippen molar-refractivity contribution < 1.29 is 47.0 Å². The van der Waals surface area contributed by atoms with Gasteiger partial charge in [0.1, 0.15) is 5.82 Å². The van der Waals surface area contributed by atoms with Gasteiger partial charge in [-0.05, 0) is 43.5 Å². The van der Waals surface area contributed by atoms with Gasteiger partial charge in [-0.1, -0.05) is 12.1 Å². The predicted molar refractivity (Wildman–Crippen MR) is 131 cm³/mol. The van der Waals surface area contributed by atoms with Crippen LogP contribution in [-0.2, 0) is 29.0 Å². The Morgan fingerprint density at radius 3 is 2.45 bits per heavy atom. The zero-order valence-electron chi connectivity index (χ0n) is 21.4. The number of benzene rings is 1. The second kappa shape index (κ2) is 14.4. The molecule has 0 aliphatic heterocycles. The van der Waals surface area contributed by atoms with Crippen molar-refractivity contribution in [1.82, 2.24) is 15.6 Å². The number of nitro benzene ring substituents is 1.